The highest BCUT2D eigenvalue weighted by Gasteiger charge is 2.07. The van der Waals surface area contributed by atoms with Crippen LogP contribution in [0, 0.1) is 10.1 Å². The molecule has 0 radical (unpaired) electrons. The molecule has 4 nitrogen and oxygen atoms in total. The average Bonchev–Trinajstić information content (AvgIpc) is 2.48. The second-order valence-corrected chi connectivity index (χ2v) is 5.17. The van der Waals surface area contributed by atoms with Gasteiger partial charge >= 0.3 is 0 Å². The van der Waals surface area contributed by atoms with Gasteiger partial charge in [0.25, 0.3) is 5.69 Å². The zero-order valence-corrected chi connectivity index (χ0v) is 12.4. The first kappa shape index (κ1) is 15.2. The van der Waals surface area contributed by atoms with Crippen molar-refractivity contribution < 1.29 is 4.92 Å². The maximum Gasteiger partial charge on any atom is 0.270 e. The molecule has 2 aromatic rings. The summed E-state index contributed by atoms with van der Waals surface area (Å²) in [5.74, 6) is 0. The Kier molecular flexibility index (Phi) is 5.06. The van der Waals surface area contributed by atoms with Crippen molar-refractivity contribution in [2.24, 2.45) is 0 Å². The van der Waals surface area contributed by atoms with E-state index >= 15 is 0 Å². The Bertz CT molecular complexity index is 608. The van der Waals surface area contributed by atoms with Gasteiger partial charge in [0.15, 0.2) is 0 Å². The van der Waals surface area contributed by atoms with Crippen LogP contribution in [0.5, 0.6) is 0 Å². The molecular weight excluding hydrogens is 264 g/mol. The zero-order valence-electron chi connectivity index (χ0n) is 12.4. The summed E-state index contributed by atoms with van der Waals surface area (Å²) < 4.78 is 0. The maximum absolute atomic E-state index is 10.8. The van der Waals surface area contributed by atoms with E-state index < -0.39 is 0 Å². The van der Waals surface area contributed by atoms with Crippen molar-refractivity contribution in [3.8, 4) is 11.1 Å². The minimum atomic E-state index is -0.365. The number of nitro groups is 1. The lowest BCUT2D eigenvalue weighted by molar-refractivity contribution is -0.384. The summed E-state index contributed by atoms with van der Waals surface area (Å²) in [6.45, 7) is 5.23. The highest BCUT2D eigenvalue weighted by Crippen LogP contribution is 2.24. The van der Waals surface area contributed by atoms with Gasteiger partial charge in [-0.2, -0.15) is 0 Å². The molecule has 0 aromatic heterocycles. The molecule has 1 unspecified atom stereocenters. The summed E-state index contributed by atoms with van der Waals surface area (Å²) in [5, 5.41) is 14.2. The van der Waals surface area contributed by atoms with Crippen LogP contribution in [0.2, 0.25) is 0 Å². The van der Waals surface area contributed by atoms with Crippen LogP contribution in [0.25, 0.3) is 11.1 Å². The summed E-state index contributed by atoms with van der Waals surface area (Å²) >= 11 is 0. The molecule has 0 aliphatic heterocycles. The molecular formula is C17H20N2O2. The molecule has 1 atom stereocenters. The Morgan fingerprint density at radius 2 is 1.86 bits per heavy atom. The third-order valence-corrected chi connectivity index (χ3v) is 3.44. The Hall–Kier alpha value is -2.20. The normalized spacial score (nSPS) is 12.1. The molecule has 0 spiro atoms. The fraction of sp³-hybridized carbons (Fsp3) is 0.294. The third-order valence-electron chi connectivity index (χ3n) is 3.44. The second-order valence-electron chi connectivity index (χ2n) is 5.17. The van der Waals surface area contributed by atoms with Crippen molar-refractivity contribution >= 4 is 5.69 Å². The SMILES string of the molecule is CCNC(C)Cc1ccc(-c2cccc([N+](=O)[O-])c2)cc1. The van der Waals surface area contributed by atoms with Crippen LogP contribution >= 0.6 is 0 Å². The first-order valence-corrected chi connectivity index (χ1v) is 7.17. The lowest BCUT2D eigenvalue weighted by Crippen LogP contribution is -2.27. The Morgan fingerprint density at radius 3 is 2.48 bits per heavy atom. The van der Waals surface area contributed by atoms with Crippen LogP contribution < -0.4 is 5.32 Å². The fourth-order valence-electron chi connectivity index (χ4n) is 2.41. The number of nitrogens with one attached hydrogen (secondary N) is 1. The van der Waals surface area contributed by atoms with Crippen molar-refractivity contribution in [2.75, 3.05) is 6.54 Å². The molecule has 1 N–H and O–H groups in total. The molecule has 0 saturated carbocycles. The van der Waals surface area contributed by atoms with Crippen molar-refractivity contribution in [1.82, 2.24) is 5.32 Å². The lowest BCUT2D eigenvalue weighted by Gasteiger charge is -2.12. The molecule has 2 rings (SSSR count). The first-order valence-electron chi connectivity index (χ1n) is 7.17. The van der Waals surface area contributed by atoms with E-state index in [9.17, 15) is 10.1 Å². The molecule has 0 aliphatic rings. The van der Waals surface area contributed by atoms with Crippen LogP contribution in [0.4, 0.5) is 5.69 Å². The van der Waals surface area contributed by atoms with Crippen LogP contribution in [-0.2, 0) is 6.42 Å². The summed E-state index contributed by atoms with van der Waals surface area (Å²) in [6, 6.07) is 15.4. The molecule has 4 heteroatoms. The van der Waals surface area contributed by atoms with E-state index in [-0.39, 0.29) is 10.6 Å². The van der Waals surface area contributed by atoms with E-state index in [1.165, 1.54) is 11.6 Å². The Labute approximate surface area is 125 Å². The number of nitrogens with zero attached hydrogens (tertiary/aromatic N) is 1. The fourth-order valence-corrected chi connectivity index (χ4v) is 2.41. The Balaban J connectivity index is 2.15. The van der Waals surface area contributed by atoms with Gasteiger partial charge in [-0.25, -0.2) is 0 Å². The molecule has 0 heterocycles. The largest absolute Gasteiger partial charge is 0.314 e. The zero-order chi connectivity index (χ0) is 15.2. The number of non-ortho nitro benzene ring substituents is 1. The van der Waals surface area contributed by atoms with E-state index in [1.54, 1.807) is 12.1 Å². The van der Waals surface area contributed by atoms with Crippen LogP contribution in [0.15, 0.2) is 48.5 Å². The topological polar surface area (TPSA) is 55.2 Å². The van der Waals surface area contributed by atoms with Crippen LogP contribution in [-0.4, -0.2) is 17.5 Å². The summed E-state index contributed by atoms with van der Waals surface area (Å²) in [6.07, 6.45) is 0.975. The highest BCUT2D eigenvalue weighted by atomic mass is 16.6. The van der Waals surface area contributed by atoms with E-state index in [4.69, 9.17) is 0 Å². The van der Waals surface area contributed by atoms with Crippen LogP contribution in [0.3, 0.4) is 0 Å². The van der Waals surface area contributed by atoms with Gasteiger partial charge in [0, 0.05) is 18.2 Å². The minimum absolute atomic E-state index is 0.123. The van der Waals surface area contributed by atoms with Crippen molar-refractivity contribution in [1.29, 1.82) is 0 Å². The van der Waals surface area contributed by atoms with E-state index in [1.807, 2.05) is 18.2 Å². The van der Waals surface area contributed by atoms with Crippen molar-refractivity contribution in [3.63, 3.8) is 0 Å². The number of benzene rings is 2. The third kappa shape index (κ3) is 4.13. The molecule has 0 fully saturated rings. The molecule has 0 saturated heterocycles. The molecule has 0 amide bonds. The van der Waals surface area contributed by atoms with Crippen molar-refractivity contribution in [3.05, 3.63) is 64.2 Å². The molecule has 0 bridgehead atoms. The predicted octanol–water partition coefficient (Wildman–Crippen LogP) is 3.80. The lowest BCUT2D eigenvalue weighted by atomic mass is 10.0. The molecule has 0 aliphatic carbocycles. The number of hydrogen-bond donors (Lipinski definition) is 1. The van der Waals surface area contributed by atoms with E-state index in [0.29, 0.717) is 6.04 Å². The number of hydrogen-bond acceptors (Lipinski definition) is 3. The maximum atomic E-state index is 10.8. The van der Waals surface area contributed by atoms with Gasteiger partial charge < -0.3 is 5.32 Å². The monoisotopic (exact) mass is 284 g/mol. The van der Waals surface area contributed by atoms with Gasteiger partial charge in [0.2, 0.25) is 0 Å². The number of likely N-dealkylation sites (N-methyl/N-ethyl adjacent to an activating group) is 1. The highest BCUT2D eigenvalue weighted by molar-refractivity contribution is 5.66. The molecule has 2 aromatic carbocycles. The Morgan fingerprint density at radius 1 is 1.14 bits per heavy atom. The quantitative estimate of drug-likeness (QED) is 0.648. The van der Waals surface area contributed by atoms with Gasteiger partial charge in [-0.3, -0.25) is 10.1 Å². The number of rotatable bonds is 6. The first-order chi connectivity index (χ1) is 10.1. The molecule has 21 heavy (non-hydrogen) atoms. The minimum Gasteiger partial charge on any atom is -0.314 e. The van der Waals surface area contributed by atoms with Gasteiger partial charge in [-0.15, -0.1) is 0 Å². The standard InChI is InChI=1S/C17H20N2O2/c1-3-18-13(2)11-14-7-9-15(10-8-14)16-5-4-6-17(12-16)19(20)21/h4-10,12-13,18H,3,11H2,1-2H3. The predicted molar refractivity (Wildman–Crippen MR) is 85.4 cm³/mol. The van der Waals surface area contributed by atoms with Gasteiger partial charge in [-0.1, -0.05) is 43.3 Å². The average molecular weight is 284 g/mol. The molecule has 110 valence electrons. The van der Waals surface area contributed by atoms with Crippen LogP contribution in [0.1, 0.15) is 19.4 Å². The van der Waals surface area contributed by atoms with Gasteiger partial charge in [-0.05, 0) is 36.6 Å². The van der Waals surface area contributed by atoms with Crippen molar-refractivity contribution in [2.45, 2.75) is 26.3 Å². The summed E-state index contributed by atoms with van der Waals surface area (Å²) in [7, 11) is 0. The second kappa shape index (κ2) is 6.99. The summed E-state index contributed by atoms with van der Waals surface area (Å²) in [5.41, 5.74) is 3.25. The van der Waals surface area contributed by atoms with E-state index in [0.717, 1.165) is 24.1 Å². The number of nitro benzene ring substituents is 1. The smallest absolute Gasteiger partial charge is 0.270 e. The van der Waals surface area contributed by atoms with Gasteiger partial charge in [0.1, 0.15) is 0 Å². The van der Waals surface area contributed by atoms with E-state index in [2.05, 4.69) is 31.3 Å². The summed E-state index contributed by atoms with van der Waals surface area (Å²) in [4.78, 5) is 10.5. The van der Waals surface area contributed by atoms with Gasteiger partial charge in [0.05, 0.1) is 4.92 Å².